The van der Waals surface area contributed by atoms with E-state index in [2.05, 4.69) is 0 Å². The molecule has 0 bridgehead atoms. The Kier molecular flexibility index (Phi) is 0.742. The predicted molar refractivity (Wildman–Crippen MR) is 27.4 cm³/mol. The molecule has 2 unspecified atom stereocenters. The van der Waals surface area contributed by atoms with Gasteiger partial charge in [-0.2, -0.15) is 0 Å². The molecule has 0 aromatic rings. The third-order valence-corrected chi connectivity index (χ3v) is 2.08. The van der Waals surface area contributed by atoms with E-state index < -0.39 is 0 Å². The average Bonchev–Trinajstić information content (AvgIpc) is 2.09. The summed E-state index contributed by atoms with van der Waals surface area (Å²) in [5.41, 5.74) is 0. The first-order valence-electron chi connectivity index (χ1n) is 2.98. The summed E-state index contributed by atoms with van der Waals surface area (Å²) in [5.74, 6) is 1.31. The molecule has 1 saturated heterocycles. The van der Waals surface area contributed by atoms with E-state index in [4.69, 9.17) is 4.74 Å². The van der Waals surface area contributed by atoms with Gasteiger partial charge in [0.1, 0.15) is 5.78 Å². The first-order chi connectivity index (χ1) is 3.88. The zero-order chi connectivity index (χ0) is 5.56. The van der Waals surface area contributed by atoms with E-state index in [-0.39, 0.29) is 0 Å². The van der Waals surface area contributed by atoms with Crippen molar-refractivity contribution in [2.75, 3.05) is 13.2 Å². The molecule has 2 atom stereocenters. The molecule has 0 aromatic heterocycles. The Balaban J connectivity index is 2.11. The molecular weight excluding hydrogens is 104 g/mol. The van der Waals surface area contributed by atoms with Crippen molar-refractivity contribution in [3.05, 3.63) is 0 Å². The molecular formula is C6H8O2. The SMILES string of the molecule is O=C1CC2COCC12. The van der Waals surface area contributed by atoms with Gasteiger partial charge in [0.2, 0.25) is 0 Å². The summed E-state index contributed by atoms with van der Waals surface area (Å²) < 4.78 is 5.08. The van der Waals surface area contributed by atoms with Crippen molar-refractivity contribution in [1.82, 2.24) is 0 Å². The van der Waals surface area contributed by atoms with Crippen LogP contribution in [0.1, 0.15) is 6.42 Å². The minimum absolute atomic E-state index is 0.301. The van der Waals surface area contributed by atoms with Crippen molar-refractivity contribution in [3.8, 4) is 0 Å². The van der Waals surface area contributed by atoms with Crippen molar-refractivity contribution in [3.63, 3.8) is 0 Å². The van der Waals surface area contributed by atoms with E-state index in [0.29, 0.717) is 24.2 Å². The van der Waals surface area contributed by atoms with Crippen LogP contribution in [-0.2, 0) is 9.53 Å². The van der Waals surface area contributed by atoms with E-state index in [1.165, 1.54) is 0 Å². The summed E-state index contributed by atoms with van der Waals surface area (Å²) in [4.78, 5) is 10.6. The van der Waals surface area contributed by atoms with Gasteiger partial charge in [0.05, 0.1) is 13.2 Å². The van der Waals surface area contributed by atoms with Crippen LogP contribution in [0.3, 0.4) is 0 Å². The van der Waals surface area contributed by atoms with Gasteiger partial charge >= 0.3 is 0 Å². The number of rotatable bonds is 0. The van der Waals surface area contributed by atoms with Gasteiger partial charge in [-0.3, -0.25) is 4.79 Å². The molecule has 0 radical (unpaired) electrons. The van der Waals surface area contributed by atoms with E-state index in [0.717, 1.165) is 13.0 Å². The van der Waals surface area contributed by atoms with Crippen molar-refractivity contribution >= 4 is 5.78 Å². The molecule has 1 aliphatic heterocycles. The van der Waals surface area contributed by atoms with Gasteiger partial charge in [-0.1, -0.05) is 0 Å². The molecule has 1 heterocycles. The van der Waals surface area contributed by atoms with Crippen LogP contribution in [-0.4, -0.2) is 19.0 Å². The van der Waals surface area contributed by atoms with Crippen LogP contribution in [0.25, 0.3) is 0 Å². The highest BCUT2D eigenvalue weighted by molar-refractivity contribution is 5.87. The number of Topliss-reactive ketones (excluding diaryl/α,β-unsaturated/α-hetero) is 1. The van der Waals surface area contributed by atoms with Gasteiger partial charge in [-0.15, -0.1) is 0 Å². The highest BCUT2D eigenvalue weighted by Gasteiger charge is 2.43. The van der Waals surface area contributed by atoms with Crippen molar-refractivity contribution in [2.45, 2.75) is 6.42 Å². The van der Waals surface area contributed by atoms with Gasteiger partial charge in [-0.25, -0.2) is 0 Å². The second-order valence-electron chi connectivity index (χ2n) is 2.57. The maximum Gasteiger partial charge on any atom is 0.139 e. The number of hydrogen-bond acceptors (Lipinski definition) is 2. The van der Waals surface area contributed by atoms with E-state index in [1.807, 2.05) is 0 Å². The smallest absolute Gasteiger partial charge is 0.139 e. The summed E-state index contributed by atoms with van der Waals surface area (Å²) in [6.45, 7) is 1.53. The second-order valence-corrected chi connectivity index (χ2v) is 2.57. The standard InChI is InChI=1S/C6H8O2/c7-6-1-4-2-8-3-5(4)6/h4-5H,1-3H2. The number of ether oxygens (including phenoxy) is 1. The van der Waals surface area contributed by atoms with Crippen molar-refractivity contribution < 1.29 is 9.53 Å². The van der Waals surface area contributed by atoms with Crippen molar-refractivity contribution in [1.29, 1.82) is 0 Å². The summed E-state index contributed by atoms with van der Waals surface area (Å²) in [5, 5.41) is 0. The minimum atomic E-state index is 0.301. The van der Waals surface area contributed by atoms with Crippen LogP contribution in [0.4, 0.5) is 0 Å². The second kappa shape index (κ2) is 1.32. The number of fused-ring (bicyclic) bond motifs is 1. The third kappa shape index (κ3) is 0.388. The maximum atomic E-state index is 10.6. The molecule has 1 aliphatic carbocycles. The van der Waals surface area contributed by atoms with Gasteiger partial charge in [0.15, 0.2) is 0 Å². The Morgan fingerprint density at radius 2 is 2.38 bits per heavy atom. The Labute approximate surface area is 47.8 Å². The molecule has 0 N–H and O–H groups in total. The number of hydrogen-bond donors (Lipinski definition) is 0. The zero-order valence-corrected chi connectivity index (χ0v) is 4.59. The molecule has 0 amide bonds. The van der Waals surface area contributed by atoms with Crippen LogP contribution in [0.2, 0.25) is 0 Å². The molecule has 0 spiro atoms. The first-order valence-corrected chi connectivity index (χ1v) is 2.98. The summed E-state index contributed by atoms with van der Waals surface area (Å²) in [7, 11) is 0. The summed E-state index contributed by atoms with van der Waals surface area (Å²) in [6, 6.07) is 0. The topological polar surface area (TPSA) is 26.3 Å². The molecule has 2 nitrogen and oxygen atoms in total. The normalized spacial score (nSPS) is 43.8. The fourth-order valence-electron chi connectivity index (χ4n) is 1.40. The molecule has 2 fully saturated rings. The molecule has 44 valence electrons. The van der Waals surface area contributed by atoms with E-state index in [1.54, 1.807) is 0 Å². The molecule has 8 heavy (non-hydrogen) atoms. The Hall–Kier alpha value is -0.370. The fraction of sp³-hybridized carbons (Fsp3) is 0.833. The highest BCUT2D eigenvalue weighted by atomic mass is 16.5. The monoisotopic (exact) mass is 112 g/mol. The summed E-state index contributed by atoms with van der Waals surface area (Å²) >= 11 is 0. The maximum absolute atomic E-state index is 10.6. The third-order valence-electron chi connectivity index (χ3n) is 2.08. The largest absolute Gasteiger partial charge is 0.380 e. The predicted octanol–water partition coefficient (Wildman–Crippen LogP) is 0.222. The van der Waals surface area contributed by atoms with Gasteiger partial charge in [0.25, 0.3) is 0 Å². The minimum Gasteiger partial charge on any atom is -0.380 e. The van der Waals surface area contributed by atoms with Crippen LogP contribution >= 0.6 is 0 Å². The molecule has 2 heteroatoms. The van der Waals surface area contributed by atoms with Crippen LogP contribution in [0.15, 0.2) is 0 Å². The lowest BCUT2D eigenvalue weighted by atomic mass is 9.75. The quantitative estimate of drug-likeness (QED) is 0.448. The lowest BCUT2D eigenvalue weighted by molar-refractivity contribution is -0.131. The molecule has 2 rings (SSSR count). The number of carbonyl (C=O) groups is 1. The number of ketones is 1. The Morgan fingerprint density at radius 3 is 2.88 bits per heavy atom. The zero-order valence-electron chi connectivity index (χ0n) is 4.59. The van der Waals surface area contributed by atoms with Gasteiger partial charge in [-0.05, 0) is 0 Å². The van der Waals surface area contributed by atoms with Gasteiger partial charge in [0, 0.05) is 18.3 Å². The van der Waals surface area contributed by atoms with Crippen molar-refractivity contribution in [2.24, 2.45) is 11.8 Å². The Bertz CT molecular complexity index is 130. The molecule has 0 aromatic carbocycles. The fourth-order valence-corrected chi connectivity index (χ4v) is 1.40. The number of carbonyl (C=O) groups excluding carboxylic acids is 1. The first kappa shape index (κ1) is 4.50. The average molecular weight is 112 g/mol. The van der Waals surface area contributed by atoms with E-state index in [9.17, 15) is 4.79 Å². The highest BCUT2D eigenvalue weighted by Crippen LogP contribution is 2.35. The molecule has 2 aliphatic rings. The Morgan fingerprint density at radius 1 is 1.50 bits per heavy atom. The van der Waals surface area contributed by atoms with Crippen LogP contribution in [0, 0.1) is 11.8 Å². The lowest BCUT2D eigenvalue weighted by Gasteiger charge is -2.25. The lowest BCUT2D eigenvalue weighted by Crippen LogP contribution is -2.35. The summed E-state index contributed by atoms with van der Waals surface area (Å²) in [6.07, 6.45) is 0.782. The van der Waals surface area contributed by atoms with E-state index >= 15 is 0 Å². The van der Waals surface area contributed by atoms with Crippen LogP contribution in [0.5, 0.6) is 0 Å². The van der Waals surface area contributed by atoms with Crippen LogP contribution < -0.4 is 0 Å². The van der Waals surface area contributed by atoms with Gasteiger partial charge < -0.3 is 4.74 Å². The molecule has 1 saturated carbocycles.